The molecule has 0 radical (unpaired) electrons. The van der Waals surface area contributed by atoms with Gasteiger partial charge in [-0.3, -0.25) is 9.67 Å². The van der Waals surface area contributed by atoms with Gasteiger partial charge in [0, 0.05) is 30.7 Å². The van der Waals surface area contributed by atoms with Gasteiger partial charge in [0.1, 0.15) is 0 Å². The van der Waals surface area contributed by atoms with Crippen molar-refractivity contribution in [2.45, 2.75) is 19.4 Å². The van der Waals surface area contributed by atoms with Crippen molar-refractivity contribution in [3.8, 4) is 0 Å². The van der Waals surface area contributed by atoms with Gasteiger partial charge in [-0.1, -0.05) is 18.2 Å². The van der Waals surface area contributed by atoms with Crippen molar-refractivity contribution in [3.05, 3.63) is 59.5 Å². The Bertz CT molecular complexity index is 743. The highest BCUT2D eigenvalue weighted by Crippen LogP contribution is 2.25. The molecule has 0 fully saturated rings. The van der Waals surface area contributed by atoms with E-state index >= 15 is 0 Å². The summed E-state index contributed by atoms with van der Waals surface area (Å²) in [4.78, 5) is 4.32. The Morgan fingerprint density at radius 2 is 2.05 bits per heavy atom. The van der Waals surface area contributed by atoms with Crippen molar-refractivity contribution in [1.29, 1.82) is 0 Å². The minimum absolute atomic E-state index is 0.547. The molecule has 0 saturated carbocycles. The first-order chi connectivity index (χ1) is 9.65. The number of para-hydroxylation sites is 1. The molecule has 0 bridgehead atoms. The number of hydrogen-bond acceptors (Lipinski definition) is 3. The second-order valence-electron chi connectivity index (χ2n) is 5.04. The van der Waals surface area contributed by atoms with Crippen LogP contribution in [0, 0.1) is 6.92 Å². The Labute approximate surface area is 117 Å². The van der Waals surface area contributed by atoms with Crippen LogP contribution >= 0.6 is 0 Å². The van der Waals surface area contributed by atoms with Gasteiger partial charge in [-0.25, -0.2) is 0 Å². The fraction of sp³-hybridized carbons (Fsp3) is 0.250. The number of aliphatic hydroxyl groups is 1. The zero-order chi connectivity index (χ0) is 14.1. The quantitative estimate of drug-likeness (QED) is 0.793. The summed E-state index contributed by atoms with van der Waals surface area (Å²) in [5.41, 5.74) is 3.81. The average Bonchev–Trinajstić information content (AvgIpc) is 2.76. The highest BCUT2D eigenvalue weighted by Gasteiger charge is 2.14. The Hall–Kier alpha value is -2.20. The maximum absolute atomic E-state index is 10.5. The van der Waals surface area contributed by atoms with Crippen LogP contribution < -0.4 is 0 Å². The summed E-state index contributed by atoms with van der Waals surface area (Å²) in [6.07, 6.45) is 1.73. The highest BCUT2D eigenvalue weighted by molar-refractivity contribution is 5.82. The van der Waals surface area contributed by atoms with E-state index in [-0.39, 0.29) is 0 Å². The maximum Gasteiger partial charge on any atom is 0.0852 e. The lowest BCUT2D eigenvalue weighted by Gasteiger charge is -2.13. The summed E-state index contributed by atoms with van der Waals surface area (Å²) in [7, 11) is 1.90. The van der Waals surface area contributed by atoms with Crippen LogP contribution in [0.1, 0.15) is 23.1 Å². The molecule has 0 amide bonds. The topological polar surface area (TPSA) is 50.9 Å². The first kappa shape index (κ1) is 12.8. The Balaban J connectivity index is 1.96. The molecule has 0 aliphatic heterocycles. The molecule has 20 heavy (non-hydrogen) atoms. The predicted octanol–water partition coefficient (Wildman–Crippen LogP) is 2.55. The van der Waals surface area contributed by atoms with E-state index in [0.717, 1.165) is 27.9 Å². The summed E-state index contributed by atoms with van der Waals surface area (Å²) in [5.74, 6) is 0. The smallest absolute Gasteiger partial charge is 0.0852 e. The van der Waals surface area contributed by atoms with Crippen molar-refractivity contribution in [2.75, 3.05) is 0 Å². The lowest BCUT2D eigenvalue weighted by Crippen LogP contribution is -2.07. The SMILES string of the molecule is Cc1cc(CC(O)c2ccnc3ccccc23)n(C)n1. The lowest BCUT2D eigenvalue weighted by molar-refractivity contribution is 0.177. The minimum atomic E-state index is -0.558. The fourth-order valence-corrected chi connectivity index (χ4v) is 2.57. The summed E-state index contributed by atoms with van der Waals surface area (Å²) < 4.78 is 1.82. The van der Waals surface area contributed by atoms with Crippen LogP contribution in [-0.2, 0) is 13.5 Å². The predicted molar refractivity (Wildman–Crippen MR) is 78.4 cm³/mol. The van der Waals surface area contributed by atoms with Crippen molar-refractivity contribution in [2.24, 2.45) is 7.05 Å². The number of benzene rings is 1. The zero-order valence-electron chi connectivity index (χ0n) is 11.6. The number of pyridine rings is 1. The molecule has 0 saturated heterocycles. The molecule has 0 spiro atoms. The summed E-state index contributed by atoms with van der Waals surface area (Å²) in [6, 6.07) is 11.8. The number of hydrogen-bond donors (Lipinski definition) is 1. The fourth-order valence-electron chi connectivity index (χ4n) is 2.57. The Kier molecular flexibility index (Phi) is 3.24. The first-order valence-corrected chi connectivity index (χ1v) is 6.66. The molecule has 4 heteroatoms. The monoisotopic (exact) mass is 267 g/mol. The normalized spacial score (nSPS) is 12.8. The molecule has 1 N–H and O–H groups in total. The number of aromatic nitrogens is 3. The van der Waals surface area contributed by atoms with Gasteiger partial charge in [-0.2, -0.15) is 5.10 Å². The summed E-state index contributed by atoms with van der Waals surface area (Å²) in [5, 5.41) is 15.9. The molecule has 3 aromatic rings. The van der Waals surface area contributed by atoms with Crippen molar-refractivity contribution >= 4 is 10.9 Å². The largest absolute Gasteiger partial charge is 0.388 e. The van der Waals surface area contributed by atoms with E-state index in [9.17, 15) is 5.11 Å². The second-order valence-corrected chi connectivity index (χ2v) is 5.04. The Morgan fingerprint density at radius 1 is 1.25 bits per heavy atom. The third-order valence-electron chi connectivity index (χ3n) is 3.54. The number of fused-ring (bicyclic) bond motifs is 1. The number of aliphatic hydroxyl groups excluding tert-OH is 1. The number of rotatable bonds is 3. The molecular weight excluding hydrogens is 250 g/mol. The van der Waals surface area contributed by atoms with Gasteiger partial charge in [0.2, 0.25) is 0 Å². The number of aryl methyl sites for hydroxylation is 2. The van der Waals surface area contributed by atoms with Gasteiger partial charge in [0.15, 0.2) is 0 Å². The van der Waals surface area contributed by atoms with Gasteiger partial charge < -0.3 is 5.11 Å². The molecule has 3 rings (SSSR count). The highest BCUT2D eigenvalue weighted by atomic mass is 16.3. The third-order valence-corrected chi connectivity index (χ3v) is 3.54. The second kappa shape index (κ2) is 5.06. The van der Waals surface area contributed by atoms with Crippen LogP contribution in [-0.4, -0.2) is 19.9 Å². The van der Waals surface area contributed by atoms with E-state index in [2.05, 4.69) is 10.1 Å². The molecule has 0 aliphatic carbocycles. The van der Waals surface area contributed by atoms with Crippen molar-refractivity contribution in [1.82, 2.24) is 14.8 Å². The van der Waals surface area contributed by atoms with E-state index in [0.29, 0.717) is 6.42 Å². The summed E-state index contributed by atoms with van der Waals surface area (Å²) in [6.45, 7) is 1.96. The molecule has 1 unspecified atom stereocenters. The lowest BCUT2D eigenvalue weighted by atomic mass is 10.0. The molecule has 0 aliphatic rings. The van der Waals surface area contributed by atoms with Gasteiger partial charge >= 0.3 is 0 Å². The molecular formula is C16H17N3O. The standard InChI is InChI=1S/C16H17N3O/c1-11-9-12(19(2)18-11)10-16(20)14-7-8-17-15-6-4-3-5-13(14)15/h3-9,16,20H,10H2,1-2H3. The van der Waals surface area contributed by atoms with E-state index in [1.807, 2.05) is 55.1 Å². The number of nitrogens with zero attached hydrogens (tertiary/aromatic N) is 3. The maximum atomic E-state index is 10.5. The molecule has 4 nitrogen and oxygen atoms in total. The van der Waals surface area contributed by atoms with Crippen LogP contribution in [0.15, 0.2) is 42.6 Å². The van der Waals surface area contributed by atoms with Gasteiger partial charge in [-0.15, -0.1) is 0 Å². The van der Waals surface area contributed by atoms with Crippen LogP contribution in [0.4, 0.5) is 0 Å². The molecule has 2 heterocycles. The zero-order valence-corrected chi connectivity index (χ0v) is 11.6. The first-order valence-electron chi connectivity index (χ1n) is 6.66. The third kappa shape index (κ3) is 2.30. The average molecular weight is 267 g/mol. The minimum Gasteiger partial charge on any atom is -0.388 e. The van der Waals surface area contributed by atoms with Crippen LogP contribution in [0.2, 0.25) is 0 Å². The Morgan fingerprint density at radius 3 is 2.80 bits per heavy atom. The van der Waals surface area contributed by atoms with E-state index in [4.69, 9.17) is 0 Å². The van der Waals surface area contributed by atoms with Gasteiger partial charge in [0.25, 0.3) is 0 Å². The van der Waals surface area contributed by atoms with E-state index < -0.39 is 6.10 Å². The van der Waals surface area contributed by atoms with E-state index in [1.54, 1.807) is 6.20 Å². The van der Waals surface area contributed by atoms with Gasteiger partial charge in [-0.05, 0) is 30.7 Å². The van der Waals surface area contributed by atoms with Crippen molar-refractivity contribution < 1.29 is 5.11 Å². The molecule has 1 aromatic carbocycles. The molecule has 1 atom stereocenters. The van der Waals surface area contributed by atoms with Crippen molar-refractivity contribution in [3.63, 3.8) is 0 Å². The van der Waals surface area contributed by atoms with E-state index in [1.165, 1.54) is 0 Å². The van der Waals surface area contributed by atoms with Crippen LogP contribution in [0.25, 0.3) is 10.9 Å². The van der Waals surface area contributed by atoms with Crippen LogP contribution in [0.5, 0.6) is 0 Å². The summed E-state index contributed by atoms with van der Waals surface area (Å²) >= 11 is 0. The van der Waals surface area contributed by atoms with Crippen LogP contribution in [0.3, 0.4) is 0 Å². The molecule has 102 valence electrons. The van der Waals surface area contributed by atoms with Gasteiger partial charge in [0.05, 0.1) is 17.3 Å². The molecule has 2 aromatic heterocycles.